The lowest BCUT2D eigenvalue weighted by Gasteiger charge is -2.22. The molecule has 4 heteroatoms. The molecule has 0 aromatic carbocycles. The van der Waals surface area contributed by atoms with Crippen molar-refractivity contribution in [3.63, 3.8) is 0 Å². The fraction of sp³-hybridized carbons (Fsp3) is 0.917. The summed E-state index contributed by atoms with van der Waals surface area (Å²) < 4.78 is 5.37. The van der Waals surface area contributed by atoms with Gasteiger partial charge in [-0.15, -0.1) is 0 Å². The van der Waals surface area contributed by atoms with Gasteiger partial charge in [0.15, 0.2) is 0 Å². The van der Waals surface area contributed by atoms with Gasteiger partial charge in [-0.25, -0.2) is 0 Å². The Bertz CT molecular complexity index is 235. The third-order valence-corrected chi connectivity index (χ3v) is 3.49. The zero-order chi connectivity index (χ0) is 11.4. The fourth-order valence-corrected chi connectivity index (χ4v) is 2.20. The predicted molar refractivity (Wildman–Crippen MR) is 61.9 cm³/mol. The highest BCUT2D eigenvalue weighted by molar-refractivity contribution is 5.76. The van der Waals surface area contributed by atoms with Gasteiger partial charge >= 0.3 is 0 Å². The number of carbonyl (C=O) groups is 1. The van der Waals surface area contributed by atoms with E-state index in [4.69, 9.17) is 10.5 Å². The van der Waals surface area contributed by atoms with Gasteiger partial charge in [-0.05, 0) is 37.5 Å². The summed E-state index contributed by atoms with van der Waals surface area (Å²) in [6, 6.07) is 0.0719. The van der Waals surface area contributed by atoms with E-state index in [1.165, 1.54) is 12.8 Å². The van der Waals surface area contributed by atoms with E-state index in [1.807, 2.05) is 0 Å². The highest BCUT2D eigenvalue weighted by Gasteiger charge is 2.29. The second kappa shape index (κ2) is 5.64. The minimum atomic E-state index is 0.0719. The Morgan fingerprint density at radius 2 is 2.25 bits per heavy atom. The molecule has 2 aliphatic rings. The largest absolute Gasteiger partial charge is 0.381 e. The van der Waals surface area contributed by atoms with Gasteiger partial charge in [0.05, 0.1) is 6.61 Å². The quantitative estimate of drug-likeness (QED) is 0.723. The molecule has 2 fully saturated rings. The van der Waals surface area contributed by atoms with Crippen LogP contribution in [0.5, 0.6) is 0 Å². The van der Waals surface area contributed by atoms with Crippen LogP contribution in [0.25, 0.3) is 0 Å². The van der Waals surface area contributed by atoms with Crippen molar-refractivity contribution < 1.29 is 9.53 Å². The molecule has 1 heterocycles. The van der Waals surface area contributed by atoms with Crippen LogP contribution in [0.4, 0.5) is 0 Å². The van der Waals surface area contributed by atoms with Crippen molar-refractivity contribution in [3.05, 3.63) is 0 Å². The van der Waals surface area contributed by atoms with E-state index in [-0.39, 0.29) is 11.9 Å². The third kappa shape index (κ3) is 3.76. The van der Waals surface area contributed by atoms with E-state index in [0.717, 1.165) is 32.6 Å². The topological polar surface area (TPSA) is 64.4 Å². The Balaban J connectivity index is 1.58. The Kier molecular flexibility index (Phi) is 4.18. The lowest BCUT2D eigenvalue weighted by Crippen LogP contribution is -2.37. The maximum Gasteiger partial charge on any atom is 0.221 e. The number of carbonyl (C=O) groups excluding carboxylic acids is 1. The van der Waals surface area contributed by atoms with Crippen LogP contribution >= 0.6 is 0 Å². The summed E-state index contributed by atoms with van der Waals surface area (Å²) in [5.41, 5.74) is 5.90. The first kappa shape index (κ1) is 11.9. The van der Waals surface area contributed by atoms with Gasteiger partial charge in [0.25, 0.3) is 0 Å². The molecule has 2 unspecified atom stereocenters. The minimum Gasteiger partial charge on any atom is -0.381 e. The molecule has 1 saturated carbocycles. The van der Waals surface area contributed by atoms with Crippen molar-refractivity contribution in [2.45, 2.75) is 38.1 Å². The number of nitrogens with one attached hydrogen (secondary N) is 1. The lowest BCUT2D eigenvalue weighted by molar-refractivity contribution is -0.121. The molecular formula is C12H22N2O2. The van der Waals surface area contributed by atoms with Gasteiger partial charge in [-0.2, -0.15) is 0 Å². The van der Waals surface area contributed by atoms with Crippen LogP contribution in [0.15, 0.2) is 0 Å². The highest BCUT2D eigenvalue weighted by Crippen LogP contribution is 2.32. The molecule has 2 atom stereocenters. The van der Waals surface area contributed by atoms with Crippen LogP contribution in [-0.2, 0) is 9.53 Å². The fourth-order valence-electron chi connectivity index (χ4n) is 2.20. The van der Waals surface area contributed by atoms with Gasteiger partial charge < -0.3 is 15.8 Å². The van der Waals surface area contributed by atoms with Crippen LogP contribution in [0.1, 0.15) is 32.1 Å². The first-order chi connectivity index (χ1) is 7.75. The lowest BCUT2D eigenvalue weighted by atomic mass is 10.0. The van der Waals surface area contributed by atoms with E-state index < -0.39 is 0 Å². The molecular weight excluding hydrogens is 204 g/mol. The average Bonchev–Trinajstić information content (AvgIpc) is 3.11. The Morgan fingerprint density at radius 1 is 1.44 bits per heavy atom. The zero-order valence-electron chi connectivity index (χ0n) is 9.78. The maximum absolute atomic E-state index is 11.6. The molecule has 1 saturated heterocycles. The first-order valence-corrected chi connectivity index (χ1v) is 6.35. The molecule has 0 spiro atoms. The summed E-state index contributed by atoms with van der Waals surface area (Å²) in [7, 11) is 0. The highest BCUT2D eigenvalue weighted by atomic mass is 16.5. The molecule has 0 aromatic heterocycles. The average molecular weight is 226 g/mol. The van der Waals surface area contributed by atoms with Crippen LogP contribution < -0.4 is 11.1 Å². The van der Waals surface area contributed by atoms with E-state index in [2.05, 4.69) is 5.32 Å². The van der Waals surface area contributed by atoms with E-state index in [9.17, 15) is 4.79 Å². The Morgan fingerprint density at radius 3 is 2.88 bits per heavy atom. The monoisotopic (exact) mass is 226 g/mol. The maximum atomic E-state index is 11.6. The van der Waals surface area contributed by atoms with Crippen molar-refractivity contribution >= 4 is 5.91 Å². The molecule has 0 aromatic rings. The number of hydrogen-bond acceptors (Lipinski definition) is 3. The number of rotatable bonds is 5. The SMILES string of the molecule is NC(CC(=O)NCC1CCCOC1)C1CC1. The van der Waals surface area contributed by atoms with Crippen LogP contribution in [0.3, 0.4) is 0 Å². The minimum absolute atomic E-state index is 0.0719. The Hall–Kier alpha value is -0.610. The van der Waals surface area contributed by atoms with Crippen molar-refractivity contribution in [3.8, 4) is 0 Å². The Labute approximate surface area is 96.9 Å². The summed E-state index contributed by atoms with van der Waals surface area (Å²) in [5.74, 6) is 1.20. The van der Waals surface area contributed by atoms with Crippen molar-refractivity contribution in [2.75, 3.05) is 19.8 Å². The summed E-state index contributed by atoms with van der Waals surface area (Å²) in [5, 5.41) is 2.97. The molecule has 92 valence electrons. The molecule has 2 rings (SSSR count). The van der Waals surface area contributed by atoms with Crippen LogP contribution in [0, 0.1) is 11.8 Å². The standard InChI is InChI=1S/C12H22N2O2/c13-11(10-3-4-10)6-12(15)14-7-9-2-1-5-16-8-9/h9-11H,1-8,13H2,(H,14,15). The van der Waals surface area contributed by atoms with Gasteiger partial charge in [0.2, 0.25) is 5.91 Å². The van der Waals surface area contributed by atoms with Gasteiger partial charge in [0, 0.05) is 25.6 Å². The predicted octanol–water partition coefficient (Wildman–Crippen LogP) is 0.657. The second-order valence-corrected chi connectivity index (χ2v) is 5.09. The molecule has 3 N–H and O–H groups in total. The summed E-state index contributed by atoms with van der Waals surface area (Å²) in [6.45, 7) is 2.40. The second-order valence-electron chi connectivity index (χ2n) is 5.09. The number of amides is 1. The normalized spacial score (nSPS) is 27.4. The van der Waals surface area contributed by atoms with Gasteiger partial charge in [0.1, 0.15) is 0 Å². The smallest absolute Gasteiger partial charge is 0.221 e. The van der Waals surface area contributed by atoms with E-state index >= 15 is 0 Å². The number of nitrogens with two attached hydrogens (primary N) is 1. The third-order valence-electron chi connectivity index (χ3n) is 3.49. The van der Waals surface area contributed by atoms with Crippen molar-refractivity contribution in [1.29, 1.82) is 0 Å². The van der Waals surface area contributed by atoms with Crippen molar-refractivity contribution in [2.24, 2.45) is 17.6 Å². The van der Waals surface area contributed by atoms with Crippen LogP contribution in [0.2, 0.25) is 0 Å². The van der Waals surface area contributed by atoms with E-state index in [1.54, 1.807) is 0 Å². The molecule has 1 aliphatic carbocycles. The molecule has 1 aliphatic heterocycles. The summed E-state index contributed by atoms with van der Waals surface area (Å²) in [6.07, 6.45) is 5.16. The summed E-state index contributed by atoms with van der Waals surface area (Å²) >= 11 is 0. The van der Waals surface area contributed by atoms with Gasteiger partial charge in [-0.3, -0.25) is 4.79 Å². The first-order valence-electron chi connectivity index (χ1n) is 6.35. The van der Waals surface area contributed by atoms with Crippen LogP contribution in [-0.4, -0.2) is 31.7 Å². The number of ether oxygens (including phenoxy) is 1. The molecule has 4 nitrogen and oxygen atoms in total. The number of hydrogen-bond donors (Lipinski definition) is 2. The molecule has 16 heavy (non-hydrogen) atoms. The molecule has 0 bridgehead atoms. The molecule has 1 amide bonds. The summed E-state index contributed by atoms with van der Waals surface area (Å²) in [4.78, 5) is 11.6. The molecule has 0 radical (unpaired) electrons. The van der Waals surface area contributed by atoms with Gasteiger partial charge in [-0.1, -0.05) is 0 Å². The van der Waals surface area contributed by atoms with E-state index in [0.29, 0.717) is 18.3 Å². The van der Waals surface area contributed by atoms with Crippen molar-refractivity contribution in [1.82, 2.24) is 5.32 Å². The zero-order valence-corrected chi connectivity index (χ0v) is 9.78.